The van der Waals surface area contributed by atoms with Gasteiger partial charge in [-0.25, -0.2) is 9.37 Å². The van der Waals surface area contributed by atoms with Gasteiger partial charge in [0.05, 0.1) is 17.8 Å². The summed E-state index contributed by atoms with van der Waals surface area (Å²) in [5.41, 5.74) is -0.248. The van der Waals surface area contributed by atoms with Crippen molar-refractivity contribution in [3.63, 3.8) is 0 Å². The molecule has 0 aliphatic carbocycles. The van der Waals surface area contributed by atoms with Crippen LogP contribution in [0.2, 0.25) is 0 Å². The van der Waals surface area contributed by atoms with Crippen molar-refractivity contribution in [3.05, 3.63) is 52.9 Å². The topological polar surface area (TPSA) is 70.2 Å². The average molecular weight is 251 g/mol. The average Bonchev–Trinajstić information content (AvgIpc) is 2.82. The van der Waals surface area contributed by atoms with E-state index in [1.807, 2.05) is 0 Å². The van der Waals surface area contributed by atoms with Crippen LogP contribution in [-0.2, 0) is 6.54 Å². The summed E-state index contributed by atoms with van der Waals surface area (Å²) in [5.74, 6) is -0.640. The molecule has 2 rings (SSSR count). The van der Waals surface area contributed by atoms with E-state index in [9.17, 15) is 14.5 Å². The van der Waals surface area contributed by atoms with Crippen LogP contribution in [0.4, 0.5) is 10.1 Å². The van der Waals surface area contributed by atoms with Gasteiger partial charge >= 0.3 is 5.69 Å². The van der Waals surface area contributed by atoms with Crippen LogP contribution in [0.25, 0.3) is 0 Å². The number of aromatic nitrogens is 2. The number of nitro benzene ring substituents is 1. The Morgan fingerprint density at radius 3 is 3.00 bits per heavy atom. The van der Waals surface area contributed by atoms with Crippen LogP contribution in [-0.4, -0.2) is 21.1 Å². The zero-order valence-corrected chi connectivity index (χ0v) is 9.32. The number of ether oxygens (including phenoxy) is 1. The van der Waals surface area contributed by atoms with Gasteiger partial charge in [-0.1, -0.05) is 0 Å². The molecule has 0 unspecified atom stereocenters. The van der Waals surface area contributed by atoms with E-state index in [4.69, 9.17) is 4.74 Å². The van der Waals surface area contributed by atoms with Gasteiger partial charge in [-0.05, 0) is 6.07 Å². The lowest BCUT2D eigenvalue weighted by Crippen LogP contribution is -2.07. The van der Waals surface area contributed by atoms with Crippen molar-refractivity contribution in [2.24, 2.45) is 0 Å². The first-order valence-electron chi connectivity index (χ1n) is 5.19. The largest absolute Gasteiger partial charge is 0.485 e. The molecule has 0 aliphatic heterocycles. The smallest absolute Gasteiger partial charge is 0.311 e. The Morgan fingerprint density at radius 1 is 1.50 bits per heavy atom. The molecule has 0 amide bonds. The van der Waals surface area contributed by atoms with Crippen molar-refractivity contribution >= 4 is 5.69 Å². The Balaban J connectivity index is 2.03. The van der Waals surface area contributed by atoms with Crippen LogP contribution in [0.3, 0.4) is 0 Å². The lowest BCUT2D eigenvalue weighted by atomic mass is 10.3. The first kappa shape index (κ1) is 12.0. The van der Waals surface area contributed by atoms with Gasteiger partial charge in [-0.2, -0.15) is 0 Å². The molecule has 94 valence electrons. The molecule has 7 heteroatoms. The Morgan fingerprint density at radius 2 is 2.33 bits per heavy atom. The summed E-state index contributed by atoms with van der Waals surface area (Å²) in [5, 5.41) is 10.7. The van der Waals surface area contributed by atoms with Gasteiger partial charge in [0, 0.05) is 24.5 Å². The van der Waals surface area contributed by atoms with Gasteiger partial charge in [0.25, 0.3) is 0 Å². The highest BCUT2D eigenvalue weighted by molar-refractivity contribution is 5.46. The molecule has 0 fully saturated rings. The summed E-state index contributed by atoms with van der Waals surface area (Å²) in [6.07, 6.45) is 4.96. The minimum absolute atomic E-state index is 0.0693. The minimum Gasteiger partial charge on any atom is -0.485 e. The minimum atomic E-state index is -0.605. The maximum absolute atomic E-state index is 13.0. The van der Waals surface area contributed by atoms with Crippen molar-refractivity contribution in [1.29, 1.82) is 0 Å². The zero-order valence-electron chi connectivity index (χ0n) is 9.32. The van der Waals surface area contributed by atoms with Crippen LogP contribution in [0, 0.1) is 15.9 Å². The van der Waals surface area contributed by atoms with Crippen LogP contribution < -0.4 is 4.74 Å². The first-order valence-corrected chi connectivity index (χ1v) is 5.19. The molecule has 0 atom stereocenters. The number of rotatable bonds is 5. The molecule has 1 aromatic carbocycles. The predicted molar refractivity (Wildman–Crippen MR) is 60.8 cm³/mol. The zero-order chi connectivity index (χ0) is 13.0. The molecule has 0 spiro atoms. The molecule has 0 aliphatic rings. The van der Waals surface area contributed by atoms with Gasteiger partial charge in [-0.15, -0.1) is 0 Å². The second-order valence-electron chi connectivity index (χ2n) is 3.52. The number of hydrogen-bond donors (Lipinski definition) is 0. The van der Waals surface area contributed by atoms with Crippen molar-refractivity contribution in [1.82, 2.24) is 9.55 Å². The Kier molecular flexibility index (Phi) is 3.52. The van der Waals surface area contributed by atoms with Crippen LogP contribution >= 0.6 is 0 Å². The Labute approximate surface area is 102 Å². The summed E-state index contributed by atoms with van der Waals surface area (Å²) < 4.78 is 20.0. The van der Waals surface area contributed by atoms with Crippen LogP contribution in [0.15, 0.2) is 36.9 Å². The van der Waals surface area contributed by atoms with Gasteiger partial charge < -0.3 is 9.30 Å². The summed E-state index contributed by atoms with van der Waals surface area (Å²) >= 11 is 0. The van der Waals surface area contributed by atoms with Crippen molar-refractivity contribution in [3.8, 4) is 5.75 Å². The summed E-state index contributed by atoms with van der Waals surface area (Å²) in [4.78, 5) is 14.0. The van der Waals surface area contributed by atoms with E-state index in [1.54, 1.807) is 23.3 Å². The third-order valence-electron chi connectivity index (χ3n) is 2.28. The van der Waals surface area contributed by atoms with E-state index >= 15 is 0 Å². The normalized spacial score (nSPS) is 10.3. The SMILES string of the molecule is O=[N+]([O-])c1ccc(F)cc1OCCn1ccnc1. The lowest BCUT2D eigenvalue weighted by molar-refractivity contribution is -0.385. The van der Waals surface area contributed by atoms with Crippen LogP contribution in [0.1, 0.15) is 0 Å². The van der Waals surface area contributed by atoms with E-state index in [0.717, 1.165) is 18.2 Å². The fourth-order valence-electron chi connectivity index (χ4n) is 1.43. The molecule has 6 nitrogen and oxygen atoms in total. The Bertz CT molecular complexity index is 542. The molecule has 0 saturated carbocycles. The van der Waals surface area contributed by atoms with Gasteiger partial charge in [0.1, 0.15) is 12.4 Å². The molecular formula is C11H10FN3O3. The molecule has 0 N–H and O–H groups in total. The number of benzene rings is 1. The maximum Gasteiger partial charge on any atom is 0.311 e. The molecule has 0 radical (unpaired) electrons. The third-order valence-corrected chi connectivity index (χ3v) is 2.28. The number of imidazole rings is 1. The molecule has 1 heterocycles. The van der Waals surface area contributed by atoms with E-state index < -0.39 is 10.7 Å². The van der Waals surface area contributed by atoms with Gasteiger partial charge in [0.2, 0.25) is 0 Å². The predicted octanol–water partition coefficient (Wildman–Crippen LogP) is 2.01. The molecule has 2 aromatic rings. The molecule has 0 bridgehead atoms. The second kappa shape index (κ2) is 5.26. The Hall–Kier alpha value is -2.44. The summed E-state index contributed by atoms with van der Waals surface area (Å²) in [6, 6.07) is 3.12. The standard InChI is InChI=1S/C11H10FN3O3/c12-9-1-2-10(15(16)17)11(7-9)18-6-5-14-4-3-13-8-14/h1-4,7-8H,5-6H2. The fraction of sp³-hybridized carbons (Fsp3) is 0.182. The van der Waals surface area contributed by atoms with E-state index in [2.05, 4.69) is 4.98 Å². The number of nitrogens with zero attached hydrogens (tertiary/aromatic N) is 3. The molecular weight excluding hydrogens is 241 g/mol. The monoisotopic (exact) mass is 251 g/mol. The quantitative estimate of drug-likeness (QED) is 0.602. The molecule has 1 aromatic heterocycles. The van der Waals surface area contributed by atoms with E-state index in [1.165, 1.54) is 0 Å². The third kappa shape index (κ3) is 2.82. The maximum atomic E-state index is 13.0. The fourth-order valence-corrected chi connectivity index (χ4v) is 1.43. The second-order valence-corrected chi connectivity index (χ2v) is 3.52. The molecule has 0 saturated heterocycles. The van der Waals surface area contributed by atoms with E-state index in [0.29, 0.717) is 6.54 Å². The van der Waals surface area contributed by atoms with Crippen LogP contribution in [0.5, 0.6) is 5.75 Å². The summed E-state index contributed by atoms with van der Waals surface area (Å²) in [6.45, 7) is 0.675. The lowest BCUT2D eigenvalue weighted by Gasteiger charge is -2.07. The van der Waals surface area contributed by atoms with Crippen molar-refractivity contribution in [2.75, 3.05) is 6.61 Å². The first-order chi connectivity index (χ1) is 8.66. The highest BCUT2D eigenvalue weighted by Gasteiger charge is 2.15. The van der Waals surface area contributed by atoms with Gasteiger partial charge in [-0.3, -0.25) is 10.1 Å². The molecule has 18 heavy (non-hydrogen) atoms. The highest BCUT2D eigenvalue weighted by atomic mass is 19.1. The number of halogens is 1. The van der Waals surface area contributed by atoms with Gasteiger partial charge in [0.15, 0.2) is 5.75 Å². The summed E-state index contributed by atoms with van der Waals surface area (Å²) in [7, 11) is 0. The van der Waals surface area contributed by atoms with Crippen molar-refractivity contribution in [2.45, 2.75) is 6.54 Å². The number of hydrogen-bond acceptors (Lipinski definition) is 4. The van der Waals surface area contributed by atoms with E-state index in [-0.39, 0.29) is 18.0 Å². The van der Waals surface area contributed by atoms with Crippen molar-refractivity contribution < 1.29 is 14.1 Å². The highest BCUT2D eigenvalue weighted by Crippen LogP contribution is 2.27. The number of nitro groups is 1.